The Bertz CT molecular complexity index is 1730. The van der Waals surface area contributed by atoms with E-state index in [0.29, 0.717) is 0 Å². The second kappa shape index (κ2) is 5.45. The minimum absolute atomic E-state index is 0.758. The van der Waals surface area contributed by atoms with Gasteiger partial charge in [0.2, 0.25) is 11.2 Å². The van der Waals surface area contributed by atoms with Crippen molar-refractivity contribution in [2.75, 3.05) is 0 Å². The molecule has 0 aliphatic carbocycles. The first kappa shape index (κ1) is 16.3. The zero-order valence-corrected chi connectivity index (χ0v) is 16.9. The summed E-state index contributed by atoms with van der Waals surface area (Å²) in [4.78, 5) is 0. The minimum atomic E-state index is -1.02. The fourth-order valence-corrected chi connectivity index (χ4v) is 5.25. The van der Waals surface area contributed by atoms with Gasteiger partial charge >= 0.3 is 17.6 Å². The minimum Gasteiger partial charge on any atom is -0.397 e. The predicted molar refractivity (Wildman–Crippen MR) is 117 cm³/mol. The number of para-hydroxylation sites is 5. The van der Waals surface area contributed by atoms with Crippen LogP contribution in [0.1, 0.15) is 5.56 Å². The summed E-state index contributed by atoms with van der Waals surface area (Å²) in [6.07, 6.45) is 0. The first-order valence-corrected chi connectivity index (χ1v) is 10.6. The van der Waals surface area contributed by atoms with Crippen molar-refractivity contribution in [3.05, 3.63) is 103 Å². The van der Waals surface area contributed by atoms with E-state index >= 15 is 0 Å². The lowest BCUT2D eigenvalue weighted by Gasteiger charge is -2.24. The molecule has 4 aromatic carbocycles. The molecule has 0 N–H and O–H groups in total. The van der Waals surface area contributed by atoms with Crippen molar-refractivity contribution in [2.45, 2.75) is 5.85 Å². The van der Waals surface area contributed by atoms with Gasteiger partial charge in [0.25, 0.3) is 11.0 Å². The lowest BCUT2D eigenvalue weighted by Crippen LogP contribution is -2.76. The summed E-state index contributed by atoms with van der Waals surface area (Å²) in [7, 11) is 0. The van der Waals surface area contributed by atoms with Gasteiger partial charge in [-0.05, 0) is 45.5 Å². The average molecular weight is 416 g/mol. The molecule has 1 atom stereocenters. The van der Waals surface area contributed by atoms with Crippen LogP contribution in [0.2, 0.25) is 0 Å². The van der Waals surface area contributed by atoms with Crippen LogP contribution in [0.15, 0.2) is 106 Å². The zero-order valence-electron chi connectivity index (χ0n) is 16.9. The van der Waals surface area contributed by atoms with Crippen LogP contribution in [-0.2, 0) is 5.85 Å². The summed E-state index contributed by atoms with van der Waals surface area (Å²) in [5.74, 6) is 1.28. The molecule has 0 amide bonds. The molecule has 5 heteroatoms. The summed E-state index contributed by atoms with van der Waals surface area (Å²) in [6.45, 7) is 0. The summed E-state index contributed by atoms with van der Waals surface area (Å²) in [5.41, 5.74) is 6.48. The molecular weight excluding hydrogens is 400 g/mol. The molecule has 8 rings (SSSR count). The molecule has 6 aromatic rings. The highest BCUT2D eigenvalue weighted by atomic mass is 16.5. The van der Waals surface area contributed by atoms with Crippen LogP contribution in [0.3, 0.4) is 0 Å². The van der Waals surface area contributed by atoms with Gasteiger partial charge in [-0.3, -0.25) is 0 Å². The molecule has 2 aliphatic heterocycles. The van der Waals surface area contributed by atoms with Crippen LogP contribution in [0, 0.1) is 0 Å². The fraction of sp³-hybridized carbons (Fsp3) is 0.0370. The van der Waals surface area contributed by atoms with Gasteiger partial charge in [-0.15, -0.1) is 0 Å². The van der Waals surface area contributed by atoms with Crippen molar-refractivity contribution in [3.8, 4) is 28.7 Å². The molecule has 0 saturated carbocycles. The number of ether oxygens (including phenoxy) is 1. The van der Waals surface area contributed by atoms with E-state index in [1.54, 1.807) is 0 Å². The highest BCUT2D eigenvalue weighted by Gasteiger charge is 2.71. The van der Waals surface area contributed by atoms with Crippen LogP contribution >= 0.6 is 0 Å². The smallest absolute Gasteiger partial charge is 0.397 e. The first-order chi connectivity index (χ1) is 15.9. The van der Waals surface area contributed by atoms with Crippen LogP contribution < -0.4 is 13.9 Å². The van der Waals surface area contributed by atoms with Gasteiger partial charge in [0.05, 0.1) is 0 Å². The molecule has 150 valence electrons. The SMILES string of the molecule is c1ccc2c(c1)OC1(c3ccccc3-c3oc4ccccc4[n+]31)[n+]1c-2oc2ccccc21. The molecule has 4 heterocycles. The quantitative estimate of drug-likeness (QED) is 0.327. The number of hydrogen-bond acceptors (Lipinski definition) is 3. The lowest BCUT2D eigenvalue weighted by atomic mass is 10.0. The molecule has 0 saturated heterocycles. The van der Waals surface area contributed by atoms with E-state index < -0.39 is 5.85 Å². The molecule has 5 nitrogen and oxygen atoms in total. The predicted octanol–water partition coefficient (Wildman–Crippen LogP) is 5.00. The van der Waals surface area contributed by atoms with Gasteiger partial charge in [-0.1, -0.05) is 48.5 Å². The Hall–Kier alpha value is -4.38. The Labute approximate surface area is 182 Å². The monoisotopic (exact) mass is 416 g/mol. The molecule has 0 radical (unpaired) electrons. The maximum atomic E-state index is 7.00. The van der Waals surface area contributed by atoms with Crippen molar-refractivity contribution in [1.82, 2.24) is 0 Å². The number of nitrogens with zero attached hydrogens (tertiary/aromatic N) is 2. The van der Waals surface area contributed by atoms with E-state index in [-0.39, 0.29) is 0 Å². The summed E-state index contributed by atoms with van der Waals surface area (Å²) >= 11 is 0. The summed E-state index contributed by atoms with van der Waals surface area (Å²) < 4.78 is 24.2. The average Bonchev–Trinajstić information content (AvgIpc) is 3.50. The number of aromatic nitrogens is 2. The highest BCUT2D eigenvalue weighted by molar-refractivity contribution is 5.77. The number of rotatable bonds is 0. The van der Waals surface area contributed by atoms with Crippen molar-refractivity contribution in [1.29, 1.82) is 0 Å². The van der Waals surface area contributed by atoms with Crippen LogP contribution in [0.25, 0.3) is 45.1 Å². The number of oxazole rings is 2. The molecular formula is C27H16N2O3+2. The van der Waals surface area contributed by atoms with Gasteiger partial charge in [-0.2, -0.15) is 0 Å². The normalized spacial score (nSPS) is 17.8. The Morgan fingerprint density at radius 2 is 1.06 bits per heavy atom. The number of fused-ring (bicyclic) bond motifs is 13. The molecule has 0 bridgehead atoms. The topological polar surface area (TPSA) is 43.3 Å². The van der Waals surface area contributed by atoms with Crippen molar-refractivity contribution in [3.63, 3.8) is 0 Å². The largest absolute Gasteiger partial charge is 0.561 e. The van der Waals surface area contributed by atoms with E-state index in [1.807, 2.05) is 72.8 Å². The van der Waals surface area contributed by atoms with Gasteiger partial charge in [0.1, 0.15) is 11.1 Å². The third-order valence-electron chi connectivity index (χ3n) is 6.52. The molecule has 0 fully saturated rings. The molecule has 2 aliphatic rings. The van der Waals surface area contributed by atoms with E-state index in [0.717, 1.165) is 56.4 Å². The van der Waals surface area contributed by atoms with Crippen LogP contribution in [0.5, 0.6) is 5.75 Å². The van der Waals surface area contributed by atoms with E-state index in [1.165, 1.54) is 0 Å². The van der Waals surface area contributed by atoms with Gasteiger partial charge in [0, 0.05) is 12.1 Å². The van der Waals surface area contributed by atoms with E-state index in [4.69, 9.17) is 13.6 Å². The van der Waals surface area contributed by atoms with E-state index in [9.17, 15) is 0 Å². The van der Waals surface area contributed by atoms with Crippen LogP contribution in [0.4, 0.5) is 0 Å². The van der Waals surface area contributed by atoms with Gasteiger partial charge < -0.3 is 13.6 Å². The molecule has 2 aromatic heterocycles. The fourth-order valence-electron chi connectivity index (χ4n) is 5.25. The molecule has 1 spiro atoms. The third-order valence-corrected chi connectivity index (χ3v) is 6.52. The Morgan fingerprint density at radius 1 is 0.531 bits per heavy atom. The Morgan fingerprint density at radius 3 is 1.78 bits per heavy atom. The van der Waals surface area contributed by atoms with Gasteiger partial charge in [0.15, 0.2) is 11.3 Å². The van der Waals surface area contributed by atoms with E-state index in [2.05, 4.69) is 33.4 Å². The molecule has 32 heavy (non-hydrogen) atoms. The second-order valence-electron chi connectivity index (χ2n) is 8.17. The highest BCUT2D eigenvalue weighted by Crippen LogP contribution is 2.46. The second-order valence-corrected chi connectivity index (χ2v) is 8.17. The number of benzene rings is 4. The standard InChI is InChI=1S/C27H16N2O3/c1-3-11-19-17(9-1)25-28(20-12-4-7-15-23(20)30-25)27(19)29-21-13-5-8-16-24(21)31-26(29)18-10-2-6-14-22(18)32-27/h1-16H/q+2. The Balaban J connectivity index is 1.63. The van der Waals surface area contributed by atoms with Crippen molar-refractivity contribution < 1.29 is 22.7 Å². The lowest BCUT2D eigenvalue weighted by molar-refractivity contribution is -0.989. The molecule has 1 unspecified atom stereocenters. The Kier molecular flexibility index (Phi) is 2.78. The number of hydrogen-bond donors (Lipinski definition) is 0. The maximum absolute atomic E-state index is 7.00. The zero-order chi connectivity index (χ0) is 20.9. The first-order valence-electron chi connectivity index (χ1n) is 10.6. The summed E-state index contributed by atoms with van der Waals surface area (Å²) in [6, 6.07) is 32.5. The summed E-state index contributed by atoms with van der Waals surface area (Å²) in [5, 5.41) is 0. The maximum Gasteiger partial charge on any atom is 0.561 e. The van der Waals surface area contributed by atoms with Crippen molar-refractivity contribution in [2.24, 2.45) is 0 Å². The van der Waals surface area contributed by atoms with Crippen molar-refractivity contribution >= 4 is 22.2 Å². The third kappa shape index (κ3) is 1.73. The van der Waals surface area contributed by atoms with Crippen LogP contribution in [-0.4, -0.2) is 0 Å². The van der Waals surface area contributed by atoms with Gasteiger partial charge in [-0.25, -0.2) is 0 Å².